The number of thiazole rings is 1. The summed E-state index contributed by atoms with van der Waals surface area (Å²) in [6, 6.07) is 7.13. The standard InChI is InChI=1S/C20H20FN5OS/c1-2-23-19(27)26-20-25-17-16(21)13(12-6-9-22-10-7-12)11-14(18(17)28-20)15-5-3-4-8-24-15/h3-6,8,11,22H,2,7,9-10H2,1H3,(H2,23,25,26,27). The Kier molecular flexibility index (Phi) is 5.31. The third-order valence-electron chi connectivity index (χ3n) is 4.51. The summed E-state index contributed by atoms with van der Waals surface area (Å²) < 4.78 is 16.1. The zero-order valence-electron chi connectivity index (χ0n) is 15.4. The van der Waals surface area contributed by atoms with Crippen LogP contribution >= 0.6 is 11.3 Å². The number of aromatic nitrogens is 2. The molecule has 0 atom stereocenters. The predicted octanol–water partition coefficient (Wildman–Crippen LogP) is 4.02. The third-order valence-corrected chi connectivity index (χ3v) is 5.52. The first kappa shape index (κ1) is 18.5. The minimum absolute atomic E-state index is 0.259. The number of carbonyl (C=O) groups is 1. The van der Waals surface area contributed by atoms with E-state index in [0.29, 0.717) is 28.5 Å². The van der Waals surface area contributed by atoms with Crippen molar-refractivity contribution in [2.24, 2.45) is 0 Å². The van der Waals surface area contributed by atoms with Crippen molar-refractivity contribution in [3.63, 3.8) is 0 Å². The van der Waals surface area contributed by atoms with Crippen LogP contribution < -0.4 is 16.0 Å². The van der Waals surface area contributed by atoms with Gasteiger partial charge in [0.1, 0.15) is 5.52 Å². The topological polar surface area (TPSA) is 78.9 Å². The van der Waals surface area contributed by atoms with Gasteiger partial charge < -0.3 is 10.6 Å². The highest BCUT2D eigenvalue weighted by Gasteiger charge is 2.21. The highest BCUT2D eigenvalue weighted by atomic mass is 32.1. The van der Waals surface area contributed by atoms with Gasteiger partial charge in [0.15, 0.2) is 10.9 Å². The number of fused-ring (bicyclic) bond motifs is 1. The first-order valence-electron chi connectivity index (χ1n) is 9.16. The van der Waals surface area contributed by atoms with Gasteiger partial charge in [-0.15, -0.1) is 0 Å². The molecule has 0 spiro atoms. The Morgan fingerprint density at radius 2 is 2.25 bits per heavy atom. The number of benzene rings is 1. The molecule has 0 saturated heterocycles. The van der Waals surface area contributed by atoms with Gasteiger partial charge in [0.05, 0.1) is 10.4 Å². The molecule has 3 aromatic rings. The second kappa shape index (κ2) is 8.04. The zero-order valence-corrected chi connectivity index (χ0v) is 16.2. The van der Waals surface area contributed by atoms with Crippen molar-refractivity contribution in [2.45, 2.75) is 13.3 Å². The van der Waals surface area contributed by atoms with Gasteiger partial charge in [-0.05, 0) is 43.7 Å². The highest BCUT2D eigenvalue weighted by Crippen LogP contribution is 2.39. The van der Waals surface area contributed by atoms with Crippen molar-refractivity contribution in [1.82, 2.24) is 20.6 Å². The molecule has 144 valence electrons. The molecule has 1 aliphatic heterocycles. The van der Waals surface area contributed by atoms with Crippen molar-refractivity contribution in [3.05, 3.63) is 47.9 Å². The number of halogens is 1. The maximum atomic E-state index is 15.4. The van der Waals surface area contributed by atoms with Crippen LogP contribution in [0.2, 0.25) is 0 Å². The second-order valence-corrected chi connectivity index (χ2v) is 7.36. The van der Waals surface area contributed by atoms with Crippen LogP contribution in [0.4, 0.5) is 14.3 Å². The number of amides is 2. The molecule has 1 aliphatic rings. The average molecular weight is 397 g/mol. The molecule has 4 rings (SSSR count). The van der Waals surface area contributed by atoms with E-state index >= 15 is 4.39 Å². The fraction of sp³-hybridized carbons (Fsp3) is 0.250. The summed E-state index contributed by atoms with van der Waals surface area (Å²) in [6.07, 6.45) is 4.47. The van der Waals surface area contributed by atoms with Crippen molar-refractivity contribution in [3.8, 4) is 11.3 Å². The van der Waals surface area contributed by atoms with Crippen molar-refractivity contribution < 1.29 is 9.18 Å². The number of nitrogens with zero attached hydrogens (tertiary/aromatic N) is 2. The van der Waals surface area contributed by atoms with Gasteiger partial charge in [0, 0.05) is 30.4 Å². The van der Waals surface area contributed by atoms with Gasteiger partial charge in [-0.1, -0.05) is 23.5 Å². The molecule has 8 heteroatoms. The Bertz CT molecular complexity index is 1050. The molecule has 2 aromatic heterocycles. The van der Waals surface area contributed by atoms with E-state index in [1.165, 1.54) is 11.3 Å². The van der Waals surface area contributed by atoms with E-state index in [1.54, 1.807) is 6.20 Å². The number of nitrogens with one attached hydrogen (secondary N) is 3. The molecule has 0 aliphatic carbocycles. The van der Waals surface area contributed by atoms with E-state index in [4.69, 9.17) is 0 Å². The molecular weight excluding hydrogens is 377 g/mol. The SMILES string of the molecule is CCNC(=O)Nc1nc2c(F)c(C3=CCNCC3)cc(-c3ccccn3)c2s1. The van der Waals surface area contributed by atoms with Crippen LogP contribution in [0, 0.1) is 5.82 Å². The van der Waals surface area contributed by atoms with Crippen molar-refractivity contribution >= 4 is 38.3 Å². The van der Waals surface area contributed by atoms with E-state index in [1.807, 2.05) is 37.3 Å². The molecule has 0 bridgehead atoms. The molecule has 2 amide bonds. The van der Waals surface area contributed by atoms with E-state index < -0.39 is 0 Å². The number of carbonyl (C=O) groups excluding carboxylic acids is 1. The summed E-state index contributed by atoms with van der Waals surface area (Å²) in [6.45, 7) is 3.85. The minimum Gasteiger partial charge on any atom is -0.338 e. The molecule has 3 heterocycles. The van der Waals surface area contributed by atoms with Crippen molar-refractivity contribution in [1.29, 1.82) is 0 Å². The number of anilines is 1. The van der Waals surface area contributed by atoms with E-state index in [2.05, 4.69) is 25.9 Å². The first-order chi connectivity index (χ1) is 13.7. The zero-order chi connectivity index (χ0) is 19.5. The van der Waals surface area contributed by atoms with Crippen LogP contribution in [0.15, 0.2) is 36.5 Å². The van der Waals surface area contributed by atoms with Gasteiger partial charge in [0.2, 0.25) is 0 Å². The summed E-state index contributed by atoms with van der Waals surface area (Å²) in [5.74, 6) is -0.358. The van der Waals surface area contributed by atoms with Gasteiger partial charge in [0.25, 0.3) is 0 Å². The lowest BCUT2D eigenvalue weighted by molar-refractivity contribution is 0.252. The Balaban J connectivity index is 1.88. The number of hydrogen-bond acceptors (Lipinski definition) is 5. The molecule has 6 nitrogen and oxygen atoms in total. The van der Waals surface area contributed by atoms with Crippen LogP contribution in [0.3, 0.4) is 0 Å². The van der Waals surface area contributed by atoms with Gasteiger partial charge >= 0.3 is 6.03 Å². The summed E-state index contributed by atoms with van der Waals surface area (Å²) in [5.41, 5.74) is 3.32. The van der Waals surface area contributed by atoms with Crippen LogP contribution in [0.1, 0.15) is 18.9 Å². The molecular formula is C20H20FN5OS. The fourth-order valence-corrected chi connectivity index (χ4v) is 4.20. The highest BCUT2D eigenvalue weighted by molar-refractivity contribution is 7.22. The first-order valence-corrected chi connectivity index (χ1v) is 9.98. The van der Waals surface area contributed by atoms with Crippen LogP contribution in [-0.2, 0) is 0 Å². The number of urea groups is 1. The van der Waals surface area contributed by atoms with Crippen LogP contribution in [0.5, 0.6) is 0 Å². The summed E-state index contributed by atoms with van der Waals surface area (Å²) in [4.78, 5) is 20.7. The normalized spacial score (nSPS) is 14.0. The quantitative estimate of drug-likeness (QED) is 0.621. The van der Waals surface area contributed by atoms with Crippen LogP contribution in [-0.4, -0.2) is 35.6 Å². The number of rotatable bonds is 4. The van der Waals surface area contributed by atoms with Gasteiger partial charge in [-0.2, -0.15) is 0 Å². The fourth-order valence-electron chi connectivity index (χ4n) is 3.22. The van der Waals surface area contributed by atoms with E-state index in [9.17, 15) is 4.79 Å². The maximum absolute atomic E-state index is 15.4. The maximum Gasteiger partial charge on any atom is 0.321 e. The van der Waals surface area contributed by atoms with E-state index in [0.717, 1.165) is 29.8 Å². The summed E-state index contributed by atoms with van der Waals surface area (Å²) >= 11 is 1.25. The molecule has 3 N–H and O–H groups in total. The monoisotopic (exact) mass is 397 g/mol. The largest absolute Gasteiger partial charge is 0.338 e. The number of hydrogen-bond donors (Lipinski definition) is 3. The lowest BCUT2D eigenvalue weighted by atomic mass is 9.96. The van der Waals surface area contributed by atoms with E-state index in [-0.39, 0.29) is 17.4 Å². The van der Waals surface area contributed by atoms with Gasteiger partial charge in [-0.25, -0.2) is 14.2 Å². The average Bonchev–Trinajstić information content (AvgIpc) is 3.14. The lowest BCUT2D eigenvalue weighted by Crippen LogP contribution is -2.28. The molecule has 0 radical (unpaired) electrons. The summed E-state index contributed by atoms with van der Waals surface area (Å²) in [7, 11) is 0. The Morgan fingerprint density at radius 3 is 2.96 bits per heavy atom. The summed E-state index contributed by atoms with van der Waals surface area (Å²) in [5, 5.41) is 8.94. The van der Waals surface area contributed by atoms with Gasteiger partial charge in [-0.3, -0.25) is 10.3 Å². The minimum atomic E-state index is -0.359. The predicted molar refractivity (Wildman–Crippen MR) is 111 cm³/mol. The Hall–Kier alpha value is -2.84. The molecule has 0 unspecified atom stereocenters. The Labute approximate surface area is 165 Å². The molecule has 0 fully saturated rings. The second-order valence-electron chi connectivity index (χ2n) is 6.37. The van der Waals surface area contributed by atoms with Crippen molar-refractivity contribution in [2.75, 3.05) is 25.0 Å². The van der Waals surface area contributed by atoms with Crippen LogP contribution in [0.25, 0.3) is 27.0 Å². The molecule has 1 aromatic carbocycles. The third kappa shape index (κ3) is 3.61. The molecule has 0 saturated carbocycles. The number of pyridine rings is 1. The Morgan fingerprint density at radius 1 is 1.36 bits per heavy atom. The lowest BCUT2D eigenvalue weighted by Gasteiger charge is -2.16. The molecule has 28 heavy (non-hydrogen) atoms. The smallest absolute Gasteiger partial charge is 0.321 e.